The van der Waals surface area contributed by atoms with Gasteiger partial charge in [-0.15, -0.1) is 11.3 Å². The molecule has 1 aromatic heterocycles. The lowest BCUT2D eigenvalue weighted by Gasteiger charge is -2.28. The van der Waals surface area contributed by atoms with E-state index < -0.39 is 0 Å². The van der Waals surface area contributed by atoms with Crippen LogP contribution in [-0.2, 0) is 0 Å². The molecule has 3 aromatic rings. The second-order valence-electron chi connectivity index (χ2n) is 10.1. The van der Waals surface area contributed by atoms with Crippen LogP contribution in [0.1, 0.15) is 84.0 Å². The van der Waals surface area contributed by atoms with Gasteiger partial charge in [-0.05, 0) is 81.5 Å². The third-order valence-corrected chi connectivity index (χ3v) is 8.88. The first-order chi connectivity index (χ1) is 16.6. The molecule has 2 aliphatic carbocycles. The SMILES string of the molecule is CCCCCC1CC[C](COc2ccc3c(sc4c(F)c(OC5CCCC5)ccc43)c2F)CC1. The van der Waals surface area contributed by atoms with Crippen LogP contribution < -0.4 is 9.47 Å². The first-order valence-electron chi connectivity index (χ1n) is 13.1. The summed E-state index contributed by atoms with van der Waals surface area (Å²) in [6.45, 7) is 2.72. The maximum absolute atomic E-state index is 15.4. The summed E-state index contributed by atoms with van der Waals surface area (Å²) in [5, 5.41) is 1.47. The summed E-state index contributed by atoms with van der Waals surface area (Å²) >= 11 is 1.16. The molecule has 1 radical (unpaired) electrons. The van der Waals surface area contributed by atoms with Crippen molar-refractivity contribution in [2.45, 2.75) is 90.1 Å². The number of unbranched alkanes of at least 4 members (excludes halogenated alkanes) is 2. The van der Waals surface area contributed by atoms with Crippen molar-refractivity contribution in [2.75, 3.05) is 6.61 Å². The normalized spacial score (nSPS) is 18.3. The Bertz CT molecular complexity index is 1110. The van der Waals surface area contributed by atoms with E-state index in [4.69, 9.17) is 9.47 Å². The van der Waals surface area contributed by atoms with E-state index >= 15 is 8.78 Å². The van der Waals surface area contributed by atoms with Crippen molar-refractivity contribution in [2.24, 2.45) is 5.92 Å². The van der Waals surface area contributed by atoms with E-state index in [2.05, 4.69) is 6.92 Å². The Morgan fingerprint density at radius 2 is 1.50 bits per heavy atom. The number of hydrogen-bond acceptors (Lipinski definition) is 3. The van der Waals surface area contributed by atoms with Gasteiger partial charge >= 0.3 is 0 Å². The van der Waals surface area contributed by atoms with Gasteiger partial charge in [-0.2, -0.15) is 0 Å². The Hall–Kier alpha value is -1.88. The highest BCUT2D eigenvalue weighted by atomic mass is 32.1. The molecular formula is C29H35F2O2S. The van der Waals surface area contributed by atoms with Gasteiger partial charge in [0.2, 0.25) is 0 Å². The molecule has 34 heavy (non-hydrogen) atoms. The minimum atomic E-state index is -0.384. The largest absolute Gasteiger partial charge is 0.490 e. The lowest BCUT2D eigenvalue weighted by atomic mass is 9.80. The molecule has 0 unspecified atom stereocenters. The van der Waals surface area contributed by atoms with Gasteiger partial charge in [0.25, 0.3) is 0 Å². The van der Waals surface area contributed by atoms with Crippen molar-refractivity contribution in [1.82, 2.24) is 0 Å². The third-order valence-electron chi connectivity index (χ3n) is 7.67. The quantitative estimate of drug-likeness (QED) is 0.281. The fourth-order valence-electron chi connectivity index (χ4n) is 5.57. The second kappa shape index (κ2) is 10.8. The van der Waals surface area contributed by atoms with Gasteiger partial charge < -0.3 is 9.47 Å². The smallest absolute Gasteiger partial charge is 0.182 e. The molecule has 2 fully saturated rings. The molecule has 2 saturated carbocycles. The van der Waals surface area contributed by atoms with E-state index in [9.17, 15) is 0 Å². The highest BCUT2D eigenvalue weighted by Gasteiger charge is 2.24. The van der Waals surface area contributed by atoms with Gasteiger partial charge in [0.1, 0.15) is 0 Å². The highest BCUT2D eigenvalue weighted by Crippen LogP contribution is 2.42. The molecule has 2 aliphatic rings. The summed E-state index contributed by atoms with van der Waals surface area (Å²) in [6.07, 6.45) is 14.2. The molecule has 0 atom stereocenters. The number of hydrogen-bond donors (Lipinski definition) is 0. The molecule has 5 rings (SSSR count). The summed E-state index contributed by atoms with van der Waals surface area (Å²) in [4.78, 5) is 0. The predicted octanol–water partition coefficient (Wildman–Crippen LogP) is 9.38. The molecule has 2 aromatic carbocycles. The Morgan fingerprint density at radius 3 is 2.18 bits per heavy atom. The van der Waals surface area contributed by atoms with Crippen LogP contribution in [0.25, 0.3) is 20.2 Å². The minimum Gasteiger partial charge on any atom is -0.490 e. The van der Waals surface area contributed by atoms with Gasteiger partial charge in [0, 0.05) is 16.7 Å². The van der Waals surface area contributed by atoms with Gasteiger partial charge in [-0.1, -0.05) is 32.6 Å². The van der Waals surface area contributed by atoms with Gasteiger partial charge in [0.15, 0.2) is 23.1 Å². The summed E-state index contributed by atoms with van der Waals surface area (Å²) in [7, 11) is 0. The Labute approximate surface area is 205 Å². The first kappa shape index (κ1) is 23.8. The maximum atomic E-state index is 15.4. The fourth-order valence-corrected chi connectivity index (χ4v) is 6.73. The van der Waals surface area contributed by atoms with Crippen LogP contribution in [0.15, 0.2) is 24.3 Å². The topological polar surface area (TPSA) is 18.5 Å². The molecule has 0 aliphatic heterocycles. The van der Waals surface area contributed by atoms with Crippen LogP contribution in [-0.4, -0.2) is 12.7 Å². The molecule has 183 valence electrons. The van der Waals surface area contributed by atoms with Gasteiger partial charge in [-0.25, -0.2) is 8.78 Å². The molecule has 0 spiro atoms. The molecule has 2 nitrogen and oxygen atoms in total. The second-order valence-corrected chi connectivity index (χ2v) is 11.1. The predicted molar refractivity (Wildman–Crippen MR) is 137 cm³/mol. The van der Waals surface area contributed by atoms with Crippen molar-refractivity contribution in [1.29, 1.82) is 0 Å². The molecule has 0 amide bonds. The Morgan fingerprint density at radius 1 is 0.853 bits per heavy atom. The van der Waals surface area contributed by atoms with Crippen molar-refractivity contribution in [3.8, 4) is 11.5 Å². The van der Waals surface area contributed by atoms with E-state index in [1.165, 1.54) is 44.4 Å². The van der Waals surface area contributed by atoms with Crippen LogP contribution in [0, 0.1) is 23.5 Å². The Balaban J connectivity index is 1.26. The molecule has 5 heteroatoms. The van der Waals surface area contributed by atoms with Crippen LogP contribution in [0.2, 0.25) is 0 Å². The van der Waals surface area contributed by atoms with Crippen LogP contribution >= 0.6 is 11.3 Å². The van der Waals surface area contributed by atoms with E-state index in [0.717, 1.165) is 66.6 Å². The van der Waals surface area contributed by atoms with Crippen LogP contribution in [0.4, 0.5) is 8.78 Å². The van der Waals surface area contributed by atoms with Gasteiger partial charge in [0.05, 0.1) is 22.1 Å². The minimum absolute atomic E-state index is 0.0852. The number of ether oxygens (including phenoxy) is 2. The zero-order chi connectivity index (χ0) is 23.5. The maximum Gasteiger partial charge on any atom is 0.182 e. The van der Waals surface area contributed by atoms with E-state index in [0.29, 0.717) is 16.0 Å². The zero-order valence-corrected chi connectivity index (χ0v) is 21.0. The lowest BCUT2D eigenvalue weighted by molar-refractivity contribution is 0.201. The number of rotatable bonds is 9. The van der Waals surface area contributed by atoms with Crippen LogP contribution in [0.5, 0.6) is 11.5 Å². The average molecular weight is 486 g/mol. The zero-order valence-electron chi connectivity index (χ0n) is 20.1. The number of thiophene rings is 1. The summed E-state index contributed by atoms with van der Waals surface area (Å²) in [5.41, 5.74) is 0. The van der Waals surface area contributed by atoms with Crippen LogP contribution in [0.3, 0.4) is 0 Å². The average Bonchev–Trinajstić information content (AvgIpc) is 3.50. The Kier molecular flexibility index (Phi) is 7.58. The summed E-state index contributed by atoms with van der Waals surface area (Å²) < 4.78 is 43.4. The van der Waals surface area contributed by atoms with Gasteiger partial charge in [-0.3, -0.25) is 0 Å². The van der Waals surface area contributed by atoms with E-state index in [1.54, 1.807) is 12.1 Å². The molecule has 0 bridgehead atoms. The molecule has 0 N–H and O–H groups in total. The number of halogens is 2. The molecular weight excluding hydrogens is 450 g/mol. The van der Waals surface area contributed by atoms with Crippen molar-refractivity contribution in [3.63, 3.8) is 0 Å². The van der Waals surface area contributed by atoms with Crippen molar-refractivity contribution in [3.05, 3.63) is 41.8 Å². The fraction of sp³-hybridized carbons (Fsp3) is 0.552. The van der Waals surface area contributed by atoms with Crippen molar-refractivity contribution >= 4 is 31.5 Å². The molecule has 1 heterocycles. The number of fused-ring (bicyclic) bond motifs is 3. The van der Waals surface area contributed by atoms with E-state index in [1.807, 2.05) is 12.1 Å². The lowest BCUT2D eigenvalue weighted by Crippen LogP contribution is -2.18. The first-order valence-corrected chi connectivity index (χ1v) is 13.9. The van der Waals surface area contributed by atoms with E-state index in [-0.39, 0.29) is 29.2 Å². The summed E-state index contributed by atoms with van der Waals surface area (Å²) in [5.74, 6) is 2.00. The standard InChI is InChI=1S/C29H35F2O2S/c1-2-3-4-7-19-10-12-20(13-11-19)18-32-24-16-14-22-23-15-17-25(33-21-8-5-6-9-21)27(31)29(23)34-28(22)26(24)30/h14-17,19,21H,2-13,18H2,1H3. The van der Waals surface area contributed by atoms with Crippen molar-refractivity contribution < 1.29 is 18.3 Å². The summed E-state index contributed by atoms with van der Waals surface area (Å²) in [6, 6.07) is 7.11. The number of benzene rings is 2. The highest BCUT2D eigenvalue weighted by molar-refractivity contribution is 7.25. The molecule has 0 saturated heterocycles. The third kappa shape index (κ3) is 5.05. The monoisotopic (exact) mass is 485 g/mol.